The van der Waals surface area contributed by atoms with E-state index in [4.69, 9.17) is 16.3 Å². The van der Waals surface area contributed by atoms with E-state index in [9.17, 15) is 13.2 Å². The number of aryl methyl sites for hydroxylation is 1. The molecule has 2 aliphatic rings. The molecule has 0 saturated carbocycles. The average molecular weight is 481 g/mol. The van der Waals surface area contributed by atoms with E-state index in [1.54, 1.807) is 11.6 Å². The molecule has 1 aromatic carbocycles. The van der Waals surface area contributed by atoms with Crippen molar-refractivity contribution in [2.75, 3.05) is 45.9 Å². The van der Waals surface area contributed by atoms with Crippen molar-refractivity contribution in [1.29, 1.82) is 0 Å². The molecule has 0 radical (unpaired) electrons. The van der Waals surface area contributed by atoms with E-state index in [0.717, 1.165) is 31.5 Å². The van der Waals surface area contributed by atoms with Gasteiger partial charge in [-0.2, -0.15) is 4.31 Å². The van der Waals surface area contributed by atoms with Crippen LogP contribution in [0.4, 0.5) is 0 Å². The Kier molecular flexibility index (Phi) is 7.21. The van der Waals surface area contributed by atoms with Crippen molar-refractivity contribution in [1.82, 2.24) is 19.1 Å². The number of carbonyl (C=O) groups is 1. The minimum Gasteiger partial charge on any atom is -0.379 e. The van der Waals surface area contributed by atoms with Crippen molar-refractivity contribution in [2.24, 2.45) is 7.05 Å². The average Bonchev–Trinajstić information content (AvgIpc) is 3.46. The summed E-state index contributed by atoms with van der Waals surface area (Å²) in [5, 5.41) is 3.68. The molecule has 0 aliphatic carbocycles. The number of sulfonamides is 1. The summed E-state index contributed by atoms with van der Waals surface area (Å²) in [6, 6.07) is 9.11. The summed E-state index contributed by atoms with van der Waals surface area (Å²) in [6.07, 6.45) is 3.73. The number of rotatable bonds is 7. The lowest BCUT2D eigenvalue weighted by Gasteiger charge is -2.29. The van der Waals surface area contributed by atoms with E-state index in [2.05, 4.69) is 10.2 Å². The number of hydrogen-bond donors (Lipinski definition) is 1. The Morgan fingerprint density at radius 2 is 1.84 bits per heavy atom. The van der Waals surface area contributed by atoms with Crippen LogP contribution >= 0.6 is 11.6 Å². The first-order chi connectivity index (χ1) is 15.4. The Labute approximate surface area is 194 Å². The zero-order valence-corrected chi connectivity index (χ0v) is 19.7. The molecule has 174 valence electrons. The van der Waals surface area contributed by atoms with Crippen LogP contribution in [0.2, 0.25) is 5.02 Å². The van der Waals surface area contributed by atoms with Gasteiger partial charge in [-0.05, 0) is 43.6 Å². The van der Waals surface area contributed by atoms with Gasteiger partial charge in [-0.1, -0.05) is 29.8 Å². The molecule has 2 aromatic rings. The van der Waals surface area contributed by atoms with Crippen molar-refractivity contribution < 1.29 is 17.9 Å². The minimum absolute atomic E-state index is 0.0352. The van der Waals surface area contributed by atoms with Gasteiger partial charge in [-0.15, -0.1) is 0 Å². The molecule has 1 atom stereocenters. The predicted molar refractivity (Wildman–Crippen MR) is 122 cm³/mol. The lowest BCUT2D eigenvalue weighted by atomic mass is 10.1. The number of halogens is 1. The number of aromatic nitrogens is 1. The van der Waals surface area contributed by atoms with Gasteiger partial charge < -0.3 is 14.6 Å². The molecule has 1 amide bonds. The first-order valence-electron chi connectivity index (χ1n) is 10.9. The first-order valence-corrected chi connectivity index (χ1v) is 12.7. The topological polar surface area (TPSA) is 83.9 Å². The second-order valence-corrected chi connectivity index (χ2v) is 10.5. The van der Waals surface area contributed by atoms with Crippen LogP contribution in [-0.2, 0) is 21.8 Å². The number of likely N-dealkylation sites (tertiary alicyclic amines) is 1. The predicted octanol–water partition coefficient (Wildman–Crippen LogP) is 2.27. The van der Waals surface area contributed by atoms with Crippen molar-refractivity contribution in [2.45, 2.75) is 23.8 Å². The molecule has 2 saturated heterocycles. The zero-order valence-electron chi connectivity index (χ0n) is 18.2. The van der Waals surface area contributed by atoms with Crippen LogP contribution in [0.3, 0.4) is 0 Å². The summed E-state index contributed by atoms with van der Waals surface area (Å²) >= 11 is 6.46. The Hall–Kier alpha value is -1.91. The number of amides is 1. The lowest BCUT2D eigenvalue weighted by Crippen LogP contribution is -2.40. The monoisotopic (exact) mass is 480 g/mol. The summed E-state index contributed by atoms with van der Waals surface area (Å²) in [5.74, 6) is -0.313. The standard InChI is InChI=1S/C22H29ClN4O4S/c1-25-16-17(32(29,30)27-10-12-31-13-11-27)14-20(25)22(28)24-15-21(26-8-4-5-9-26)18-6-2-3-7-19(18)23/h2-3,6-7,14,16,21H,4-5,8-13,15H2,1H3,(H,24,28). The molecule has 1 unspecified atom stereocenters. The van der Waals surface area contributed by atoms with Gasteiger partial charge in [0, 0.05) is 37.9 Å². The molecule has 8 nitrogen and oxygen atoms in total. The highest BCUT2D eigenvalue weighted by Crippen LogP contribution is 2.30. The van der Waals surface area contributed by atoms with Crippen molar-refractivity contribution in [3.8, 4) is 0 Å². The number of nitrogens with zero attached hydrogens (tertiary/aromatic N) is 3. The van der Waals surface area contributed by atoms with Gasteiger partial charge in [0.2, 0.25) is 10.0 Å². The maximum Gasteiger partial charge on any atom is 0.268 e. The largest absolute Gasteiger partial charge is 0.379 e. The summed E-state index contributed by atoms with van der Waals surface area (Å²) in [7, 11) is -1.98. The molecule has 0 bridgehead atoms. The molecule has 2 aliphatic heterocycles. The van der Waals surface area contributed by atoms with Gasteiger partial charge in [-0.25, -0.2) is 8.42 Å². The van der Waals surface area contributed by atoms with Crippen LogP contribution in [0.5, 0.6) is 0 Å². The molecule has 1 N–H and O–H groups in total. The summed E-state index contributed by atoms with van der Waals surface area (Å²) in [5.41, 5.74) is 1.29. The Morgan fingerprint density at radius 3 is 2.53 bits per heavy atom. The molecule has 10 heteroatoms. The van der Waals surface area contributed by atoms with Crippen molar-refractivity contribution in [3.63, 3.8) is 0 Å². The van der Waals surface area contributed by atoms with Crippen LogP contribution in [0.25, 0.3) is 0 Å². The summed E-state index contributed by atoms with van der Waals surface area (Å²) in [6.45, 7) is 3.68. The van der Waals surface area contributed by atoms with Crippen LogP contribution in [-0.4, -0.2) is 74.0 Å². The van der Waals surface area contributed by atoms with Crippen LogP contribution in [0.1, 0.15) is 34.9 Å². The Bertz CT molecular complexity index is 1060. The Balaban J connectivity index is 1.50. The first kappa shape index (κ1) is 23.3. The highest BCUT2D eigenvalue weighted by atomic mass is 35.5. The molecule has 0 spiro atoms. The third-order valence-electron chi connectivity index (χ3n) is 6.12. The molecule has 2 fully saturated rings. The number of carbonyl (C=O) groups excluding carboxylic acids is 1. The number of nitrogens with one attached hydrogen (secondary N) is 1. The van der Waals surface area contributed by atoms with Gasteiger partial charge in [0.25, 0.3) is 5.91 Å². The highest BCUT2D eigenvalue weighted by Gasteiger charge is 2.30. The number of ether oxygens (including phenoxy) is 1. The maximum atomic E-state index is 13.0. The van der Waals surface area contributed by atoms with E-state index >= 15 is 0 Å². The second kappa shape index (κ2) is 9.93. The van der Waals surface area contributed by atoms with Gasteiger partial charge in [0.05, 0.1) is 19.3 Å². The lowest BCUT2D eigenvalue weighted by molar-refractivity contribution is 0.0730. The number of morpholine rings is 1. The van der Waals surface area contributed by atoms with Crippen LogP contribution in [0, 0.1) is 0 Å². The fourth-order valence-electron chi connectivity index (χ4n) is 4.35. The molecular weight excluding hydrogens is 452 g/mol. The van der Waals surface area contributed by atoms with Gasteiger partial charge >= 0.3 is 0 Å². The fourth-order valence-corrected chi connectivity index (χ4v) is 6.09. The minimum atomic E-state index is -3.66. The van der Waals surface area contributed by atoms with Crippen molar-refractivity contribution >= 4 is 27.5 Å². The van der Waals surface area contributed by atoms with E-state index in [1.807, 2.05) is 24.3 Å². The van der Waals surface area contributed by atoms with E-state index in [-0.39, 0.29) is 16.8 Å². The molecule has 3 heterocycles. The van der Waals surface area contributed by atoms with Gasteiger partial charge in [0.15, 0.2) is 0 Å². The third kappa shape index (κ3) is 4.87. The highest BCUT2D eigenvalue weighted by molar-refractivity contribution is 7.89. The van der Waals surface area contributed by atoms with Crippen LogP contribution in [0.15, 0.2) is 41.4 Å². The number of hydrogen-bond acceptors (Lipinski definition) is 5. The van der Waals surface area contributed by atoms with Gasteiger partial charge in [0.1, 0.15) is 10.6 Å². The SMILES string of the molecule is Cn1cc(S(=O)(=O)N2CCOCC2)cc1C(=O)NCC(c1ccccc1Cl)N1CCCC1. The summed E-state index contributed by atoms with van der Waals surface area (Å²) in [4.78, 5) is 15.5. The van der Waals surface area contributed by atoms with Crippen LogP contribution < -0.4 is 5.32 Å². The molecule has 1 aromatic heterocycles. The van der Waals surface area contributed by atoms with Gasteiger partial charge in [-0.3, -0.25) is 9.69 Å². The van der Waals surface area contributed by atoms with Crippen molar-refractivity contribution in [3.05, 3.63) is 52.8 Å². The normalized spacial score (nSPS) is 19.2. The number of benzene rings is 1. The molecule has 4 rings (SSSR count). The molecule has 32 heavy (non-hydrogen) atoms. The van der Waals surface area contributed by atoms with E-state index in [0.29, 0.717) is 43.6 Å². The van der Waals surface area contributed by atoms with E-state index < -0.39 is 10.0 Å². The quantitative estimate of drug-likeness (QED) is 0.657. The smallest absolute Gasteiger partial charge is 0.268 e. The fraction of sp³-hybridized carbons (Fsp3) is 0.500. The summed E-state index contributed by atoms with van der Waals surface area (Å²) < 4.78 is 34.1. The zero-order chi connectivity index (χ0) is 22.7. The Morgan fingerprint density at radius 1 is 1.16 bits per heavy atom. The van der Waals surface area contributed by atoms with E-state index in [1.165, 1.54) is 16.6 Å². The molecular formula is C22H29ClN4O4S. The maximum absolute atomic E-state index is 13.0. The third-order valence-corrected chi connectivity index (χ3v) is 8.33. The second-order valence-electron chi connectivity index (χ2n) is 8.18.